The molecule has 0 spiro atoms. The Bertz CT molecular complexity index is 451. The first kappa shape index (κ1) is 12.9. The van der Waals surface area contributed by atoms with Gasteiger partial charge in [0.25, 0.3) is 0 Å². The fourth-order valence-electron chi connectivity index (χ4n) is 2.71. The molecule has 4 nitrogen and oxygen atoms in total. The summed E-state index contributed by atoms with van der Waals surface area (Å²) in [6.07, 6.45) is 5.16. The molecule has 0 aromatic heterocycles. The number of anilines is 1. The van der Waals surface area contributed by atoms with E-state index < -0.39 is 5.54 Å². The Kier molecular flexibility index (Phi) is 3.57. The Morgan fingerprint density at radius 2 is 2.00 bits per heavy atom. The van der Waals surface area contributed by atoms with Crippen LogP contribution in [0.15, 0.2) is 18.2 Å². The number of aromatic hydroxyl groups is 1. The number of nitrogens with one attached hydrogen (secondary N) is 1. The van der Waals surface area contributed by atoms with Crippen LogP contribution in [-0.2, 0) is 10.3 Å². The van der Waals surface area contributed by atoms with Gasteiger partial charge in [0.2, 0.25) is 5.91 Å². The summed E-state index contributed by atoms with van der Waals surface area (Å²) in [6.45, 7) is 1.43. The summed E-state index contributed by atoms with van der Waals surface area (Å²) in [7, 11) is 0. The average Bonchev–Trinajstić information content (AvgIpc) is 2.32. The van der Waals surface area contributed by atoms with Crippen LogP contribution in [-0.4, -0.2) is 11.0 Å². The fraction of sp³-hybridized carbons (Fsp3) is 0.500. The average molecular weight is 248 g/mol. The van der Waals surface area contributed by atoms with Crippen LogP contribution >= 0.6 is 0 Å². The molecule has 0 atom stereocenters. The van der Waals surface area contributed by atoms with Crippen LogP contribution in [0.25, 0.3) is 0 Å². The van der Waals surface area contributed by atoms with E-state index >= 15 is 0 Å². The van der Waals surface area contributed by atoms with Crippen molar-refractivity contribution in [3.05, 3.63) is 23.8 Å². The number of phenols is 1. The molecule has 1 aliphatic carbocycles. The highest BCUT2D eigenvalue weighted by atomic mass is 16.3. The molecule has 4 N–H and O–H groups in total. The van der Waals surface area contributed by atoms with Crippen LogP contribution in [0.2, 0.25) is 0 Å². The van der Waals surface area contributed by atoms with Gasteiger partial charge in [-0.25, -0.2) is 0 Å². The number of hydrogen-bond acceptors (Lipinski definition) is 3. The zero-order valence-corrected chi connectivity index (χ0v) is 10.7. The lowest BCUT2D eigenvalue weighted by Gasteiger charge is -2.35. The second kappa shape index (κ2) is 4.98. The lowest BCUT2D eigenvalue weighted by molar-refractivity contribution is -0.114. The summed E-state index contributed by atoms with van der Waals surface area (Å²) < 4.78 is 0. The Balaban J connectivity index is 2.42. The van der Waals surface area contributed by atoms with E-state index in [1.165, 1.54) is 13.3 Å². The van der Waals surface area contributed by atoms with E-state index in [9.17, 15) is 9.90 Å². The van der Waals surface area contributed by atoms with Gasteiger partial charge in [-0.05, 0) is 24.5 Å². The van der Waals surface area contributed by atoms with Crippen LogP contribution < -0.4 is 11.1 Å². The maximum absolute atomic E-state index is 11.2. The monoisotopic (exact) mass is 248 g/mol. The summed E-state index contributed by atoms with van der Waals surface area (Å²) in [5, 5.41) is 12.6. The zero-order valence-electron chi connectivity index (χ0n) is 10.7. The molecular formula is C14H20N2O2. The van der Waals surface area contributed by atoms with E-state index in [-0.39, 0.29) is 11.7 Å². The molecule has 18 heavy (non-hydrogen) atoms. The van der Waals surface area contributed by atoms with Gasteiger partial charge in [-0.3, -0.25) is 4.79 Å². The first-order valence-corrected chi connectivity index (χ1v) is 6.42. The highest BCUT2D eigenvalue weighted by Gasteiger charge is 2.32. The number of amides is 1. The first-order valence-electron chi connectivity index (χ1n) is 6.42. The van der Waals surface area contributed by atoms with Crippen molar-refractivity contribution < 1.29 is 9.90 Å². The minimum Gasteiger partial charge on any atom is -0.506 e. The van der Waals surface area contributed by atoms with Crippen LogP contribution in [0, 0.1) is 0 Å². The normalized spacial score (nSPS) is 18.3. The van der Waals surface area contributed by atoms with Crippen LogP contribution in [0.3, 0.4) is 0 Å². The predicted octanol–water partition coefficient (Wildman–Crippen LogP) is 2.47. The van der Waals surface area contributed by atoms with Crippen molar-refractivity contribution in [1.29, 1.82) is 0 Å². The predicted molar refractivity (Wildman–Crippen MR) is 71.4 cm³/mol. The van der Waals surface area contributed by atoms with Crippen LogP contribution in [0.5, 0.6) is 5.75 Å². The van der Waals surface area contributed by atoms with Crippen molar-refractivity contribution >= 4 is 11.6 Å². The van der Waals surface area contributed by atoms with E-state index in [0.717, 1.165) is 31.2 Å². The summed E-state index contributed by atoms with van der Waals surface area (Å²) in [5.41, 5.74) is 7.34. The van der Waals surface area contributed by atoms with Gasteiger partial charge in [-0.15, -0.1) is 0 Å². The lowest BCUT2D eigenvalue weighted by atomic mass is 9.76. The fourth-order valence-corrected chi connectivity index (χ4v) is 2.71. The van der Waals surface area contributed by atoms with Gasteiger partial charge in [0.15, 0.2) is 0 Å². The topological polar surface area (TPSA) is 75.3 Å². The molecule has 98 valence electrons. The maximum Gasteiger partial charge on any atom is 0.221 e. The van der Waals surface area contributed by atoms with Crippen molar-refractivity contribution in [2.45, 2.75) is 44.6 Å². The van der Waals surface area contributed by atoms with E-state index in [0.29, 0.717) is 5.69 Å². The highest BCUT2D eigenvalue weighted by Crippen LogP contribution is 2.41. The molecule has 4 heteroatoms. The first-order chi connectivity index (χ1) is 8.53. The van der Waals surface area contributed by atoms with Gasteiger partial charge in [0, 0.05) is 12.5 Å². The minimum absolute atomic E-state index is 0.0816. The van der Waals surface area contributed by atoms with Gasteiger partial charge in [-0.1, -0.05) is 31.4 Å². The third kappa shape index (κ3) is 2.48. The van der Waals surface area contributed by atoms with Crippen molar-refractivity contribution in [2.24, 2.45) is 5.73 Å². The van der Waals surface area contributed by atoms with Gasteiger partial charge in [0.1, 0.15) is 5.75 Å². The Labute approximate surface area is 107 Å². The van der Waals surface area contributed by atoms with Gasteiger partial charge >= 0.3 is 0 Å². The van der Waals surface area contributed by atoms with Crippen LogP contribution in [0.1, 0.15) is 44.6 Å². The SMILES string of the molecule is CC(=O)Nc1c(O)cccc1C1(N)CCCCC1. The van der Waals surface area contributed by atoms with Gasteiger partial charge in [0.05, 0.1) is 5.69 Å². The molecule has 0 saturated heterocycles. The van der Waals surface area contributed by atoms with Crippen molar-refractivity contribution in [3.63, 3.8) is 0 Å². The summed E-state index contributed by atoms with van der Waals surface area (Å²) in [6, 6.07) is 5.25. The third-order valence-corrected chi connectivity index (χ3v) is 3.63. The number of para-hydroxylation sites is 1. The van der Waals surface area contributed by atoms with E-state index in [2.05, 4.69) is 5.32 Å². The van der Waals surface area contributed by atoms with E-state index in [4.69, 9.17) is 5.73 Å². The highest BCUT2D eigenvalue weighted by molar-refractivity contribution is 5.91. The molecule has 1 saturated carbocycles. The van der Waals surface area contributed by atoms with Crippen molar-refractivity contribution in [1.82, 2.24) is 0 Å². The largest absolute Gasteiger partial charge is 0.506 e. The molecule has 1 aromatic carbocycles. The number of hydrogen-bond donors (Lipinski definition) is 3. The number of rotatable bonds is 2. The molecule has 0 aliphatic heterocycles. The molecule has 0 unspecified atom stereocenters. The summed E-state index contributed by atoms with van der Waals surface area (Å²) in [4.78, 5) is 11.2. The van der Waals surface area contributed by atoms with E-state index in [1.54, 1.807) is 12.1 Å². The van der Waals surface area contributed by atoms with Gasteiger partial charge in [-0.2, -0.15) is 0 Å². The summed E-state index contributed by atoms with van der Waals surface area (Å²) in [5.74, 6) is -0.116. The third-order valence-electron chi connectivity index (χ3n) is 3.63. The summed E-state index contributed by atoms with van der Waals surface area (Å²) >= 11 is 0. The molecule has 0 radical (unpaired) electrons. The van der Waals surface area contributed by atoms with Crippen molar-refractivity contribution in [2.75, 3.05) is 5.32 Å². The minimum atomic E-state index is -0.436. The van der Waals surface area contributed by atoms with E-state index in [1.807, 2.05) is 6.07 Å². The molecule has 1 aliphatic rings. The second-order valence-electron chi connectivity index (χ2n) is 5.10. The lowest BCUT2D eigenvalue weighted by Crippen LogP contribution is -2.39. The quantitative estimate of drug-likeness (QED) is 0.704. The number of carbonyl (C=O) groups is 1. The molecule has 0 heterocycles. The Hall–Kier alpha value is -1.55. The smallest absolute Gasteiger partial charge is 0.221 e. The van der Waals surface area contributed by atoms with Gasteiger partial charge < -0.3 is 16.2 Å². The molecule has 1 fully saturated rings. The molecule has 1 aromatic rings. The molecule has 1 amide bonds. The maximum atomic E-state index is 11.2. The standard InChI is InChI=1S/C14H20N2O2/c1-10(17)16-13-11(6-5-7-12(13)18)14(15)8-3-2-4-9-14/h5-7,18H,2-4,8-9,15H2,1H3,(H,16,17). The second-order valence-corrected chi connectivity index (χ2v) is 5.10. The molecule has 2 rings (SSSR count). The number of nitrogens with two attached hydrogens (primary N) is 1. The van der Waals surface area contributed by atoms with Crippen LogP contribution in [0.4, 0.5) is 5.69 Å². The number of phenolic OH excluding ortho intramolecular Hbond substituents is 1. The number of carbonyl (C=O) groups excluding carboxylic acids is 1. The molecule has 0 bridgehead atoms. The number of benzene rings is 1. The molecular weight excluding hydrogens is 228 g/mol. The Morgan fingerprint density at radius 1 is 1.33 bits per heavy atom. The zero-order chi connectivity index (χ0) is 13.2. The van der Waals surface area contributed by atoms with Crippen molar-refractivity contribution in [3.8, 4) is 5.75 Å². The Morgan fingerprint density at radius 3 is 2.61 bits per heavy atom.